The van der Waals surface area contributed by atoms with Crippen LogP contribution in [0.15, 0.2) is 42.5 Å². The van der Waals surface area contributed by atoms with Crippen LogP contribution in [0.5, 0.6) is 5.75 Å². The second-order valence-corrected chi connectivity index (χ2v) is 4.02. The van der Waals surface area contributed by atoms with Crippen LogP contribution in [0.3, 0.4) is 0 Å². The second kappa shape index (κ2) is 5.80. The Morgan fingerprint density at radius 3 is 2.47 bits per heavy atom. The second-order valence-electron chi connectivity index (χ2n) is 4.02. The van der Waals surface area contributed by atoms with Crippen LogP contribution in [0, 0.1) is 11.6 Å². The van der Waals surface area contributed by atoms with Crippen molar-refractivity contribution in [1.29, 1.82) is 0 Å². The maximum Gasteiger partial charge on any atom is 0.164 e. The standard InChI is InChI=1S/C15H14F2O2/c1-2-19-13-9-4-3-6-10(13)15(18)11-7-5-8-12(16)14(11)17/h3-9,15,18H,2H2,1H3. The zero-order valence-corrected chi connectivity index (χ0v) is 10.4. The predicted octanol–water partition coefficient (Wildman–Crippen LogP) is 3.45. The van der Waals surface area contributed by atoms with Gasteiger partial charge >= 0.3 is 0 Å². The van der Waals surface area contributed by atoms with E-state index in [0.29, 0.717) is 17.9 Å². The molecule has 1 unspecified atom stereocenters. The van der Waals surface area contributed by atoms with E-state index in [1.807, 2.05) is 6.92 Å². The Bertz CT molecular complexity index is 570. The average Bonchev–Trinajstić information content (AvgIpc) is 2.42. The van der Waals surface area contributed by atoms with Crippen LogP contribution < -0.4 is 4.74 Å². The van der Waals surface area contributed by atoms with E-state index in [9.17, 15) is 13.9 Å². The first-order chi connectivity index (χ1) is 9.15. The Balaban J connectivity index is 2.44. The van der Waals surface area contributed by atoms with Gasteiger partial charge in [-0.2, -0.15) is 0 Å². The molecule has 19 heavy (non-hydrogen) atoms. The SMILES string of the molecule is CCOc1ccccc1C(O)c1cccc(F)c1F. The molecule has 1 N–H and O–H groups in total. The number of ether oxygens (including phenoxy) is 1. The third-order valence-corrected chi connectivity index (χ3v) is 2.79. The van der Waals surface area contributed by atoms with E-state index < -0.39 is 17.7 Å². The van der Waals surface area contributed by atoms with Crippen LogP contribution >= 0.6 is 0 Å². The van der Waals surface area contributed by atoms with Crippen LogP contribution in [-0.4, -0.2) is 11.7 Å². The lowest BCUT2D eigenvalue weighted by Crippen LogP contribution is -2.06. The number of para-hydroxylation sites is 1. The first-order valence-corrected chi connectivity index (χ1v) is 5.98. The van der Waals surface area contributed by atoms with Gasteiger partial charge in [-0.25, -0.2) is 8.78 Å². The van der Waals surface area contributed by atoms with Crippen molar-refractivity contribution in [1.82, 2.24) is 0 Å². The van der Waals surface area contributed by atoms with Gasteiger partial charge in [0.2, 0.25) is 0 Å². The number of halogens is 2. The fourth-order valence-electron chi connectivity index (χ4n) is 1.89. The van der Waals surface area contributed by atoms with Gasteiger partial charge in [-0.15, -0.1) is 0 Å². The molecule has 0 spiro atoms. The smallest absolute Gasteiger partial charge is 0.164 e. The number of aliphatic hydroxyl groups is 1. The van der Waals surface area contributed by atoms with Crippen molar-refractivity contribution >= 4 is 0 Å². The number of hydrogen-bond acceptors (Lipinski definition) is 2. The van der Waals surface area contributed by atoms with Crippen molar-refractivity contribution in [3.05, 3.63) is 65.2 Å². The molecule has 2 aromatic rings. The highest BCUT2D eigenvalue weighted by Gasteiger charge is 2.20. The van der Waals surface area contributed by atoms with Crippen molar-refractivity contribution in [2.45, 2.75) is 13.0 Å². The molecule has 0 aromatic heterocycles. The van der Waals surface area contributed by atoms with Crippen LogP contribution in [-0.2, 0) is 0 Å². The van der Waals surface area contributed by atoms with Crippen LogP contribution in [0.25, 0.3) is 0 Å². The third kappa shape index (κ3) is 2.74. The lowest BCUT2D eigenvalue weighted by atomic mass is 10.00. The molecule has 0 aliphatic heterocycles. The molecule has 2 nitrogen and oxygen atoms in total. The Labute approximate surface area is 110 Å². The molecule has 0 aliphatic carbocycles. The molecule has 0 saturated heterocycles. The normalized spacial score (nSPS) is 12.2. The van der Waals surface area contributed by atoms with E-state index in [2.05, 4.69) is 0 Å². The minimum atomic E-state index is -1.27. The van der Waals surface area contributed by atoms with E-state index in [1.54, 1.807) is 24.3 Å². The van der Waals surface area contributed by atoms with Crippen LogP contribution in [0.1, 0.15) is 24.2 Å². The summed E-state index contributed by atoms with van der Waals surface area (Å²) in [5.41, 5.74) is 0.306. The number of benzene rings is 2. The summed E-state index contributed by atoms with van der Waals surface area (Å²) in [5.74, 6) is -1.56. The largest absolute Gasteiger partial charge is 0.493 e. The van der Waals surface area contributed by atoms with E-state index in [-0.39, 0.29) is 5.56 Å². The van der Waals surface area contributed by atoms with Crippen LogP contribution in [0.2, 0.25) is 0 Å². The van der Waals surface area contributed by atoms with E-state index >= 15 is 0 Å². The van der Waals surface area contributed by atoms with Crippen molar-refractivity contribution in [2.75, 3.05) is 6.61 Å². The van der Waals surface area contributed by atoms with Gasteiger partial charge in [-0.1, -0.05) is 30.3 Å². The van der Waals surface area contributed by atoms with Crippen LogP contribution in [0.4, 0.5) is 8.78 Å². The summed E-state index contributed by atoms with van der Waals surface area (Å²) in [7, 11) is 0. The quantitative estimate of drug-likeness (QED) is 0.916. The average molecular weight is 264 g/mol. The fourth-order valence-corrected chi connectivity index (χ4v) is 1.89. The molecule has 0 radical (unpaired) electrons. The summed E-state index contributed by atoms with van der Waals surface area (Å²) in [6.07, 6.45) is -1.27. The van der Waals surface area contributed by atoms with Gasteiger partial charge in [0, 0.05) is 11.1 Å². The molecule has 0 fully saturated rings. The van der Waals surface area contributed by atoms with E-state index in [1.165, 1.54) is 12.1 Å². The molecule has 100 valence electrons. The molecule has 0 heterocycles. The first-order valence-electron chi connectivity index (χ1n) is 5.98. The Morgan fingerprint density at radius 1 is 1.05 bits per heavy atom. The van der Waals surface area contributed by atoms with Gasteiger partial charge in [0.1, 0.15) is 11.9 Å². The fraction of sp³-hybridized carbons (Fsp3) is 0.200. The molecule has 0 aliphatic rings. The molecular weight excluding hydrogens is 250 g/mol. The maximum absolute atomic E-state index is 13.7. The Hall–Kier alpha value is -1.94. The van der Waals surface area contributed by atoms with Gasteiger partial charge < -0.3 is 9.84 Å². The highest BCUT2D eigenvalue weighted by molar-refractivity contribution is 5.40. The summed E-state index contributed by atoms with van der Waals surface area (Å²) < 4.78 is 32.2. The molecule has 0 bridgehead atoms. The highest BCUT2D eigenvalue weighted by atomic mass is 19.2. The van der Waals surface area contributed by atoms with Gasteiger partial charge in [0.15, 0.2) is 11.6 Å². The zero-order valence-electron chi connectivity index (χ0n) is 10.4. The summed E-state index contributed by atoms with van der Waals surface area (Å²) >= 11 is 0. The summed E-state index contributed by atoms with van der Waals surface area (Å²) in [5, 5.41) is 10.2. The van der Waals surface area contributed by atoms with Crippen molar-refractivity contribution in [3.8, 4) is 5.75 Å². The van der Waals surface area contributed by atoms with Gasteiger partial charge in [0.05, 0.1) is 6.61 Å². The summed E-state index contributed by atoms with van der Waals surface area (Å²) in [6.45, 7) is 2.24. The molecule has 1 atom stereocenters. The monoisotopic (exact) mass is 264 g/mol. The molecule has 0 amide bonds. The predicted molar refractivity (Wildman–Crippen MR) is 68.0 cm³/mol. The molecule has 0 saturated carbocycles. The van der Waals surface area contributed by atoms with Gasteiger partial charge in [-0.05, 0) is 19.1 Å². The minimum absolute atomic E-state index is 0.104. The third-order valence-electron chi connectivity index (χ3n) is 2.79. The Morgan fingerprint density at radius 2 is 1.74 bits per heavy atom. The number of rotatable bonds is 4. The molecular formula is C15H14F2O2. The van der Waals surface area contributed by atoms with E-state index in [4.69, 9.17) is 4.74 Å². The maximum atomic E-state index is 13.7. The molecule has 4 heteroatoms. The van der Waals surface area contributed by atoms with Crippen molar-refractivity contribution in [3.63, 3.8) is 0 Å². The summed E-state index contributed by atoms with van der Waals surface area (Å²) in [6, 6.07) is 10.5. The van der Waals surface area contributed by atoms with Crippen molar-refractivity contribution < 1.29 is 18.6 Å². The van der Waals surface area contributed by atoms with E-state index in [0.717, 1.165) is 6.07 Å². The molecule has 2 aromatic carbocycles. The van der Waals surface area contributed by atoms with Crippen molar-refractivity contribution in [2.24, 2.45) is 0 Å². The molecule has 2 rings (SSSR count). The lowest BCUT2D eigenvalue weighted by Gasteiger charge is -2.16. The first kappa shape index (κ1) is 13.5. The van der Waals surface area contributed by atoms with Gasteiger partial charge in [-0.3, -0.25) is 0 Å². The summed E-state index contributed by atoms with van der Waals surface area (Å²) in [4.78, 5) is 0. The number of aliphatic hydroxyl groups excluding tert-OH is 1. The lowest BCUT2D eigenvalue weighted by molar-refractivity contribution is 0.205. The topological polar surface area (TPSA) is 29.5 Å². The number of hydrogen-bond donors (Lipinski definition) is 1. The zero-order chi connectivity index (χ0) is 13.8. The highest BCUT2D eigenvalue weighted by Crippen LogP contribution is 2.31. The van der Waals surface area contributed by atoms with Gasteiger partial charge in [0.25, 0.3) is 0 Å². The Kier molecular flexibility index (Phi) is 4.12. The minimum Gasteiger partial charge on any atom is -0.493 e.